The maximum absolute atomic E-state index is 11.5. The maximum Gasteiger partial charge on any atom is 0.222 e. The fourth-order valence-electron chi connectivity index (χ4n) is 2.16. The van der Waals surface area contributed by atoms with Crippen LogP contribution in [0.1, 0.15) is 25.3 Å². The van der Waals surface area contributed by atoms with Crippen LogP contribution in [0, 0.1) is 0 Å². The molecule has 0 aliphatic carbocycles. The van der Waals surface area contributed by atoms with Crippen molar-refractivity contribution in [2.75, 3.05) is 20.7 Å². The molecule has 1 aromatic rings. The lowest BCUT2D eigenvalue weighted by molar-refractivity contribution is -0.131. The van der Waals surface area contributed by atoms with E-state index in [1.807, 2.05) is 31.2 Å². The molecule has 0 bridgehead atoms. The van der Waals surface area contributed by atoms with Gasteiger partial charge < -0.3 is 14.5 Å². The van der Waals surface area contributed by atoms with Crippen LogP contribution in [0.3, 0.4) is 0 Å². The van der Waals surface area contributed by atoms with Gasteiger partial charge in [-0.15, -0.1) is 0 Å². The Bertz CT molecular complexity index is 496. The lowest BCUT2D eigenvalue weighted by atomic mass is 10.0. The smallest absolute Gasteiger partial charge is 0.222 e. The zero-order chi connectivity index (χ0) is 14.5. The molecule has 20 heavy (non-hydrogen) atoms. The molecule has 1 atom stereocenters. The van der Waals surface area contributed by atoms with E-state index in [1.165, 1.54) is 0 Å². The van der Waals surface area contributed by atoms with Crippen molar-refractivity contribution < 1.29 is 14.4 Å². The molecule has 5 heteroatoms. The molecule has 2 rings (SSSR count). The van der Waals surface area contributed by atoms with Gasteiger partial charge in [-0.25, -0.2) is 0 Å². The highest BCUT2D eigenvalue weighted by Crippen LogP contribution is 2.19. The average Bonchev–Trinajstić information content (AvgIpc) is 2.94. The minimum absolute atomic E-state index is 0.0624. The van der Waals surface area contributed by atoms with Gasteiger partial charge in [0, 0.05) is 19.9 Å². The molecule has 1 heterocycles. The topological polar surface area (TPSA) is 51.1 Å². The predicted octanol–water partition coefficient (Wildman–Crippen LogP) is 2.06. The van der Waals surface area contributed by atoms with Crippen molar-refractivity contribution in [1.29, 1.82) is 0 Å². The molecule has 0 spiro atoms. The number of methoxy groups -OCH3 is 1. The predicted molar refractivity (Wildman–Crippen MR) is 76.9 cm³/mol. The first-order valence-electron chi connectivity index (χ1n) is 6.75. The van der Waals surface area contributed by atoms with Gasteiger partial charge in [0.1, 0.15) is 5.75 Å². The molecule has 0 unspecified atom stereocenters. The minimum atomic E-state index is -0.0624. The molecule has 1 aromatic carbocycles. The summed E-state index contributed by atoms with van der Waals surface area (Å²) in [5.41, 5.74) is 1.94. The number of hydrogen-bond donors (Lipinski definition) is 0. The Morgan fingerprint density at radius 2 is 2.15 bits per heavy atom. The Hall–Kier alpha value is -2.04. The van der Waals surface area contributed by atoms with Crippen LogP contribution in [-0.2, 0) is 9.63 Å². The molecular weight excluding hydrogens is 256 g/mol. The molecule has 0 radical (unpaired) electrons. The van der Waals surface area contributed by atoms with Gasteiger partial charge >= 0.3 is 0 Å². The van der Waals surface area contributed by atoms with Gasteiger partial charge in [-0.05, 0) is 29.8 Å². The quantitative estimate of drug-likeness (QED) is 0.827. The Labute approximate surface area is 119 Å². The van der Waals surface area contributed by atoms with Crippen molar-refractivity contribution in [2.24, 2.45) is 5.16 Å². The molecular formula is C15H20N2O3. The molecule has 0 saturated carbocycles. The number of rotatable bonds is 5. The number of ether oxygens (including phenoxy) is 1. The standard InChI is InChI=1S/C15H20N2O3/c1-4-15(18)17(2)10-13-9-14(16-20-13)11-5-7-12(19-3)8-6-11/h5-8,13H,4,9-10H2,1-3H3/t13-/m1/s1. The first-order chi connectivity index (χ1) is 9.63. The third kappa shape index (κ3) is 3.29. The van der Waals surface area contributed by atoms with Crippen LogP contribution < -0.4 is 4.74 Å². The maximum atomic E-state index is 11.5. The number of nitrogens with zero attached hydrogens (tertiary/aromatic N) is 2. The third-order valence-corrected chi connectivity index (χ3v) is 3.36. The summed E-state index contributed by atoms with van der Waals surface area (Å²) < 4.78 is 5.13. The van der Waals surface area contributed by atoms with Gasteiger partial charge in [-0.2, -0.15) is 0 Å². The first-order valence-corrected chi connectivity index (χ1v) is 6.75. The molecule has 1 amide bonds. The summed E-state index contributed by atoms with van der Waals surface area (Å²) >= 11 is 0. The molecule has 5 nitrogen and oxygen atoms in total. The van der Waals surface area contributed by atoms with E-state index in [-0.39, 0.29) is 12.0 Å². The van der Waals surface area contributed by atoms with Crippen molar-refractivity contribution in [1.82, 2.24) is 4.90 Å². The summed E-state index contributed by atoms with van der Waals surface area (Å²) in [7, 11) is 3.43. The molecule has 0 fully saturated rings. The van der Waals surface area contributed by atoms with Gasteiger partial charge in [-0.1, -0.05) is 12.1 Å². The van der Waals surface area contributed by atoms with Crippen LogP contribution in [-0.4, -0.2) is 43.3 Å². The largest absolute Gasteiger partial charge is 0.497 e. The van der Waals surface area contributed by atoms with Gasteiger partial charge in [0.05, 0.1) is 19.4 Å². The van der Waals surface area contributed by atoms with Gasteiger partial charge in [0.15, 0.2) is 6.10 Å². The van der Waals surface area contributed by atoms with Crippen LogP contribution in [0.4, 0.5) is 0 Å². The second-order valence-electron chi connectivity index (χ2n) is 4.83. The normalized spacial score (nSPS) is 17.4. The highest BCUT2D eigenvalue weighted by Gasteiger charge is 2.24. The number of carbonyl (C=O) groups is 1. The SMILES string of the molecule is CCC(=O)N(C)C[C@H]1CC(c2ccc(OC)cc2)=NO1. The molecule has 0 aromatic heterocycles. The average molecular weight is 276 g/mol. The lowest BCUT2D eigenvalue weighted by Crippen LogP contribution is -2.34. The fourth-order valence-corrected chi connectivity index (χ4v) is 2.16. The Morgan fingerprint density at radius 1 is 1.45 bits per heavy atom. The van der Waals surface area contributed by atoms with E-state index < -0.39 is 0 Å². The van der Waals surface area contributed by atoms with E-state index in [2.05, 4.69) is 5.16 Å². The van der Waals surface area contributed by atoms with Crippen molar-refractivity contribution in [3.8, 4) is 5.75 Å². The summed E-state index contributed by atoms with van der Waals surface area (Å²) in [6.45, 7) is 2.42. The van der Waals surface area contributed by atoms with Crippen LogP contribution in [0.25, 0.3) is 0 Å². The number of oxime groups is 1. The number of amides is 1. The van der Waals surface area contributed by atoms with Crippen molar-refractivity contribution in [3.05, 3.63) is 29.8 Å². The van der Waals surface area contributed by atoms with Gasteiger partial charge in [-0.3, -0.25) is 4.79 Å². The summed E-state index contributed by atoms with van der Waals surface area (Å²) in [5.74, 6) is 0.935. The number of benzene rings is 1. The zero-order valence-corrected chi connectivity index (χ0v) is 12.1. The van der Waals surface area contributed by atoms with E-state index in [0.717, 1.165) is 17.0 Å². The molecule has 1 aliphatic heterocycles. The van der Waals surface area contributed by atoms with Crippen LogP contribution >= 0.6 is 0 Å². The number of carbonyl (C=O) groups excluding carboxylic acids is 1. The fraction of sp³-hybridized carbons (Fsp3) is 0.467. The Kier molecular flexibility index (Phi) is 4.61. The van der Waals surface area contributed by atoms with Crippen LogP contribution in [0.2, 0.25) is 0 Å². The molecule has 0 saturated heterocycles. The number of hydrogen-bond acceptors (Lipinski definition) is 4. The minimum Gasteiger partial charge on any atom is -0.497 e. The van der Waals surface area contributed by atoms with E-state index in [9.17, 15) is 4.79 Å². The molecule has 0 N–H and O–H groups in total. The first kappa shape index (κ1) is 14.4. The second kappa shape index (κ2) is 6.41. The number of likely N-dealkylation sites (N-methyl/N-ethyl adjacent to an activating group) is 1. The highest BCUT2D eigenvalue weighted by molar-refractivity contribution is 6.01. The second-order valence-corrected chi connectivity index (χ2v) is 4.83. The van der Waals surface area contributed by atoms with Crippen molar-refractivity contribution >= 4 is 11.6 Å². The molecule has 1 aliphatic rings. The monoisotopic (exact) mass is 276 g/mol. The third-order valence-electron chi connectivity index (χ3n) is 3.36. The molecule has 108 valence electrons. The van der Waals surface area contributed by atoms with Crippen molar-refractivity contribution in [3.63, 3.8) is 0 Å². The summed E-state index contributed by atoms with van der Waals surface area (Å²) in [5, 5.41) is 4.12. The van der Waals surface area contributed by atoms with E-state index in [1.54, 1.807) is 19.1 Å². The van der Waals surface area contributed by atoms with Crippen LogP contribution in [0.15, 0.2) is 29.4 Å². The Balaban J connectivity index is 1.92. The Morgan fingerprint density at radius 3 is 2.75 bits per heavy atom. The van der Waals surface area contributed by atoms with Crippen LogP contribution in [0.5, 0.6) is 5.75 Å². The summed E-state index contributed by atoms with van der Waals surface area (Å²) in [6.07, 6.45) is 1.16. The lowest BCUT2D eigenvalue weighted by Gasteiger charge is -2.19. The summed E-state index contributed by atoms with van der Waals surface area (Å²) in [4.78, 5) is 18.6. The van der Waals surface area contributed by atoms with Crippen molar-refractivity contribution in [2.45, 2.75) is 25.9 Å². The van der Waals surface area contributed by atoms with E-state index in [0.29, 0.717) is 19.4 Å². The van der Waals surface area contributed by atoms with E-state index >= 15 is 0 Å². The summed E-state index contributed by atoms with van der Waals surface area (Å²) in [6, 6.07) is 7.73. The van der Waals surface area contributed by atoms with Gasteiger partial charge in [0.25, 0.3) is 0 Å². The van der Waals surface area contributed by atoms with Gasteiger partial charge in [0.2, 0.25) is 5.91 Å². The zero-order valence-electron chi connectivity index (χ0n) is 12.1. The van der Waals surface area contributed by atoms with E-state index in [4.69, 9.17) is 9.57 Å². The highest BCUT2D eigenvalue weighted by atomic mass is 16.6.